The zero-order valence-corrected chi connectivity index (χ0v) is 21.7. The third kappa shape index (κ3) is 7.11. The second-order valence-electron chi connectivity index (χ2n) is 9.87. The molecule has 0 unspecified atom stereocenters. The topological polar surface area (TPSA) is 50.8 Å². The molecule has 1 heterocycles. The van der Waals surface area contributed by atoms with Crippen LogP contribution in [0.15, 0.2) is 78.9 Å². The van der Waals surface area contributed by atoms with E-state index in [1.54, 1.807) is 7.11 Å². The number of carbonyl (C=O) groups is 1. The minimum atomic E-state index is -0.0229. The monoisotopic (exact) mass is 486 g/mol. The van der Waals surface area contributed by atoms with Gasteiger partial charge >= 0.3 is 0 Å². The Morgan fingerprint density at radius 2 is 1.64 bits per heavy atom. The Labute approximate surface area is 215 Å². The van der Waals surface area contributed by atoms with Crippen molar-refractivity contribution < 1.29 is 14.3 Å². The van der Waals surface area contributed by atoms with Crippen LogP contribution in [-0.2, 0) is 4.79 Å². The van der Waals surface area contributed by atoms with Gasteiger partial charge in [-0.05, 0) is 79.4 Å². The maximum absolute atomic E-state index is 12.1. The summed E-state index contributed by atoms with van der Waals surface area (Å²) in [6.45, 7) is 6.96. The lowest BCUT2D eigenvalue weighted by Gasteiger charge is -2.33. The Kier molecular flexibility index (Phi) is 9.01. The van der Waals surface area contributed by atoms with Crippen molar-refractivity contribution in [1.29, 1.82) is 0 Å². The number of likely N-dealkylation sites (tertiary alicyclic amines) is 1. The summed E-state index contributed by atoms with van der Waals surface area (Å²) in [6.07, 6.45) is 3.17. The molecule has 3 aromatic rings. The number of ether oxygens (including phenoxy) is 2. The van der Waals surface area contributed by atoms with Gasteiger partial charge < -0.3 is 19.7 Å². The number of hydrogen-bond donors (Lipinski definition) is 1. The van der Waals surface area contributed by atoms with Crippen LogP contribution in [0.2, 0.25) is 0 Å². The largest absolute Gasteiger partial charge is 0.497 e. The molecule has 1 fully saturated rings. The van der Waals surface area contributed by atoms with Crippen molar-refractivity contribution >= 4 is 11.6 Å². The van der Waals surface area contributed by atoms with Gasteiger partial charge in [-0.2, -0.15) is 0 Å². The molecule has 0 aliphatic carbocycles. The molecule has 0 aromatic heterocycles. The van der Waals surface area contributed by atoms with Crippen LogP contribution in [-0.4, -0.2) is 37.6 Å². The summed E-state index contributed by atoms with van der Waals surface area (Å²) in [5, 5.41) is 3.03. The predicted octanol–water partition coefficient (Wildman–Crippen LogP) is 6.68. The lowest BCUT2D eigenvalue weighted by molar-refractivity contribution is -0.118. The molecule has 36 heavy (non-hydrogen) atoms. The Morgan fingerprint density at radius 1 is 0.944 bits per heavy atom. The quantitative estimate of drug-likeness (QED) is 0.347. The van der Waals surface area contributed by atoms with Gasteiger partial charge in [-0.25, -0.2) is 0 Å². The number of anilines is 1. The maximum atomic E-state index is 12.1. The summed E-state index contributed by atoms with van der Waals surface area (Å²) < 4.78 is 11.7. The van der Waals surface area contributed by atoms with E-state index >= 15 is 0 Å². The molecule has 0 saturated carbocycles. The van der Waals surface area contributed by atoms with E-state index < -0.39 is 0 Å². The molecule has 1 aliphatic heterocycles. The van der Waals surface area contributed by atoms with Gasteiger partial charge in [-0.1, -0.05) is 56.3 Å². The third-order valence-corrected chi connectivity index (χ3v) is 6.95. The van der Waals surface area contributed by atoms with Gasteiger partial charge in [0.1, 0.15) is 17.6 Å². The maximum Gasteiger partial charge on any atom is 0.226 e. The third-order valence-electron chi connectivity index (χ3n) is 6.95. The first-order valence-corrected chi connectivity index (χ1v) is 13.0. The average Bonchev–Trinajstić information content (AvgIpc) is 2.92. The van der Waals surface area contributed by atoms with E-state index in [1.165, 1.54) is 11.1 Å². The molecule has 1 atom stereocenters. The van der Waals surface area contributed by atoms with E-state index in [9.17, 15) is 4.79 Å². The van der Waals surface area contributed by atoms with Crippen LogP contribution in [0.4, 0.5) is 5.69 Å². The standard InChI is InChI=1S/C31H38N2O3/c1-23(2)31(34)32-27-11-7-10-26(22-27)24-16-19-33(20-17-24)21-18-30(25-8-5-4-6-9-25)36-29-14-12-28(35-3)13-15-29/h4-15,22-24,30H,16-21H2,1-3H3,(H,32,34)/t30-/m0/s1. The van der Waals surface area contributed by atoms with Gasteiger partial charge in [0.2, 0.25) is 5.91 Å². The smallest absolute Gasteiger partial charge is 0.226 e. The summed E-state index contributed by atoms with van der Waals surface area (Å²) >= 11 is 0. The molecule has 3 aromatic carbocycles. The van der Waals surface area contributed by atoms with E-state index in [0.717, 1.165) is 56.1 Å². The fraction of sp³-hybridized carbons (Fsp3) is 0.387. The molecule has 0 bridgehead atoms. The second kappa shape index (κ2) is 12.6. The lowest BCUT2D eigenvalue weighted by atomic mass is 9.89. The molecule has 5 heteroatoms. The Morgan fingerprint density at radius 3 is 2.31 bits per heavy atom. The van der Waals surface area contributed by atoms with E-state index in [-0.39, 0.29) is 17.9 Å². The number of piperidine rings is 1. The summed E-state index contributed by atoms with van der Waals surface area (Å²) in [4.78, 5) is 14.6. The van der Waals surface area contributed by atoms with Crippen molar-refractivity contribution in [2.75, 3.05) is 32.1 Å². The minimum Gasteiger partial charge on any atom is -0.497 e. The van der Waals surface area contributed by atoms with Crippen LogP contribution < -0.4 is 14.8 Å². The zero-order chi connectivity index (χ0) is 25.3. The lowest BCUT2D eigenvalue weighted by Crippen LogP contribution is -2.34. The van der Waals surface area contributed by atoms with Gasteiger partial charge in [-0.15, -0.1) is 0 Å². The van der Waals surface area contributed by atoms with Gasteiger partial charge in [0.25, 0.3) is 0 Å². The number of methoxy groups -OCH3 is 1. The van der Waals surface area contributed by atoms with E-state index in [2.05, 4.69) is 52.7 Å². The van der Waals surface area contributed by atoms with E-state index in [1.807, 2.05) is 50.2 Å². The molecular formula is C31H38N2O3. The van der Waals surface area contributed by atoms with E-state index in [0.29, 0.717) is 5.92 Å². The van der Waals surface area contributed by atoms with Crippen LogP contribution in [0.5, 0.6) is 11.5 Å². The highest BCUT2D eigenvalue weighted by Crippen LogP contribution is 2.31. The summed E-state index contributed by atoms with van der Waals surface area (Å²) in [7, 11) is 1.67. The predicted molar refractivity (Wildman–Crippen MR) is 146 cm³/mol. The van der Waals surface area contributed by atoms with Gasteiger partial charge in [0, 0.05) is 24.6 Å². The molecule has 190 valence electrons. The highest BCUT2D eigenvalue weighted by atomic mass is 16.5. The summed E-state index contributed by atoms with van der Waals surface area (Å²) in [5.74, 6) is 2.25. The second-order valence-corrected chi connectivity index (χ2v) is 9.87. The molecule has 0 radical (unpaired) electrons. The van der Waals surface area contributed by atoms with Crippen molar-refractivity contribution in [3.8, 4) is 11.5 Å². The van der Waals surface area contributed by atoms with Crippen molar-refractivity contribution in [2.24, 2.45) is 5.92 Å². The van der Waals surface area contributed by atoms with E-state index in [4.69, 9.17) is 9.47 Å². The van der Waals surface area contributed by atoms with Crippen molar-refractivity contribution in [3.05, 3.63) is 90.0 Å². The molecule has 1 N–H and O–H groups in total. The van der Waals surface area contributed by atoms with Gasteiger partial charge in [0.05, 0.1) is 7.11 Å². The summed E-state index contributed by atoms with van der Waals surface area (Å²) in [6, 6.07) is 26.7. The molecule has 1 amide bonds. The number of benzene rings is 3. The fourth-order valence-electron chi connectivity index (χ4n) is 4.73. The molecule has 4 rings (SSSR count). The van der Waals surface area contributed by atoms with Gasteiger partial charge in [0.15, 0.2) is 0 Å². The molecule has 1 saturated heterocycles. The Bertz CT molecular complexity index is 1090. The van der Waals surface area contributed by atoms with Crippen molar-refractivity contribution in [2.45, 2.75) is 45.1 Å². The van der Waals surface area contributed by atoms with Crippen molar-refractivity contribution in [1.82, 2.24) is 4.90 Å². The van der Waals surface area contributed by atoms with Crippen LogP contribution in [0.3, 0.4) is 0 Å². The molecule has 1 aliphatic rings. The molecule has 0 spiro atoms. The number of rotatable bonds is 10. The number of amides is 1. The summed E-state index contributed by atoms with van der Waals surface area (Å²) in [5.41, 5.74) is 3.42. The first-order valence-electron chi connectivity index (χ1n) is 13.0. The number of hydrogen-bond acceptors (Lipinski definition) is 4. The molecular weight excluding hydrogens is 448 g/mol. The number of nitrogens with zero attached hydrogens (tertiary/aromatic N) is 1. The Hall–Kier alpha value is -3.31. The average molecular weight is 487 g/mol. The fourth-order valence-corrected chi connectivity index (χ4v) is 4.73. The normalized spacial score (nSPS) is 15.4. The van der Waals surface area contributed by atoms with Crippen LogP contribution in [0.1, 0.15) is 56.3 Å². The van der Waals surface area contributed by atoms with Crippen LogP contribution >= 0.6 is 0 Å². The SMILES string of the molecule is COc1ccc(O[C@@H](CCN2CCC(c3cccc(NC(=O)C(C)C)c3)CC2)c2ccccc2)cc1. The number of nitrogens with one attached hydrogen (secondary N) is 1. The molecule has 5 nitrogen and oxygen atoms in total. The number of carbonyl (C=O) groups excluding carboxylic acids is 1. The zero-order valence-electron chi connectivity index (χ0n) is 21.7. The first-order chi connectivity index (χ1) is 17.5. The minimum absolute atomic E-state index is 0.00133. The first kappa shape index (κ1) is 25.8. The Balaban J connectivity index is 1.33. The van der Waals surface area contributed by atoms with Crippen molar-refractivity contribution in [3.63, 3.8) is 0 Å². The highest BCUT2D eigenvalue weighted by Gasteiger charge is 2.23. The highest BCUT2D eigenvalue weighted by molar-refractivity contribution is 5.92. The van der Waals surface area contributed by atoms with Crippen LogP contribution in [0.25, 0.3) is 0 Å². The van der Waals surface area contributed by atoms with Crippen LogP contribution in [0, 0.1) is 5.92 Å². The van der Waals surface area contributed by atoms with Gasteiger partial charge in [-0.3, -0.25) is 4.79 Å².